The van der Waals surface area contributed by atoms with Crippen LogP contribution in [0.25, 0.3) is 0 Å². The van der Waals surface area contributed by atoms with Crippen molar-refractivity contribution in [2.24, 2.45) is 0 Å². The van der Waals surface area contributed by atoms with Gasteiger partial charge in [0.15, 0.2) is 6.29 Å². The topological polar surface area (TPSA) is 17.1 Å². The Morgan fingerprint density at radius 2 is 1.83 bits per heavy atom. The number of aryl methyl sites for hydroxylation is 2. The molecule has 0 amide bonds. The molecule has 3 heteroatoms. The largest absolute Gasteiger partial charge is 0.298 e. The highest BCUT2D eigenvalue weighted by Gasteiger charge is 2.06. The number of carbonyl (C=O) groups is 1. The summed E-state index contributed by atoms with van der Waals surface area (Å²) in [5, 5.41) is 0. The molecule has 0 atom stereocenters. The van der Waals surface area contributed by atoms with Gasteiger partial charge in [0.05, 0.1) is 0 Å². The molecule has 0 aliphatic carbocycles. The molecule has 0 bridgehead atoms. The fraction of sp³-hybridized carbons (Fsp3) is 0.133. The van der Waals surface area contributed by atoms with Gasteiger partial charge in [0.1, 0.15) is 5.82 Å². The molecule has 0 aliphatic heterocycles. The van der Waals surface area contributed by atoms with Gasteiger partial charge in [-0.05, 0) is 55.3 Å². The van der Waals surface area contributed by atoms with Crippen LogP contribution in [0.4, 0.5) is 4.39 Å². The van der Waals surface area contributed by atoms with Crippen molar-refractivity contribution >= 4 is 18.0 Å². The van der Waals surface area contributed by atoms with E-state index >= 15 is 0 Å². The fourth-order valence-corrected chi connectivity index (χ4v) is 2.60. The highest BCUT2D eigenvalue weighted by atomic mass is 32.2. The van der Waals surface area contributed by atoms with E-state index in [9.17, 15) is 9.18 Å². The van der Waals surface area contributed by atoms with Crippen LogP contribution in [-0.2, 0) is 0 Å². The zero-order valence-electron chi connectivity index (χ0n) is 10.2. The molecule has 0 aliphatic rings. The quantitative estimate of drug-likeness (QED) is 0.760. The van der Waals surface area contributed by atoms with Crippen LogP contribution in [0.5, 0.6) is 0 Å². The minimum atomic E-state index is -0.387. The molecule has 18 heavy (non-hydrogen) atoms. The van der Waals surface area contributed by atoms with Gasteiger partial charge < -0.3 is 0 Å². The highest BCUT2D eigenvalue weighted by molar-refractivity contribution is 7.99. The van der Waals surface area contributed by atoms with Crippen molar-refractivity contribution in [2.75, 3.05) is 0 Å². The van der Waals surface area contributed by atoms with Crippen LogP contribution < -0.4 is 0 Å². The van der Waals surface area contributed by atoms with Crippen molar-refractivity contribution in [1.82, 2.24) is 0 Å². The van der Waals surface area contributed by atoms with Gasteiger partial charge in [-0.2, -0.15) is 0 Å². The molecule has 0 unspecified atom stereocenters. The molecule has 0 fully saturated rings. The summed E-state index contributed by atoms with van der Waals surface area (Å²) in [6.45, 7) is 4.10. The average molecular weight is 260 g/mol. The summed E-state index contributed by atoms with van der Waals surface area (Å²) in [5.74, 6) is -0.387. The maximum atomic E-state index is 13.0. The molecule has 2 aromatic carbocycles. The Morgan fingerprint density at radius 1 is 1.06 bits per heavy atom. The van der Waals surface area contributed by atoms with E-state index in [1.807, 2.05) is 19.1 Å². The number of hydrogen-bond donors (Lipinski definition) is 0. The van der Waals surface area contributed by atoms with Gasteiger partial charge in [-0.3, -0.25) is 4.79 Å². The van der Waals surface area contributed by atoms with Crippen molar-refractivity contribution in [1.29, 1.82) is 0 Å². The Bertz CT molecular complexity index is 593. The Labute approximate surface area is 110 Å². The molecule has 0 aromatic heterocycles. The van der Waals surface area contributed by atoms with Gasteiger partial charge in [0.2, 0.25) is 0 Å². The third-order valence-electron chi connectivity index (χ3n) is 2.80. The third-order valence-corrected chi connectivity index (χ3v) is 3.89. The molecule has 2 rings (SSSR count). The number of aldehydes is 1. The van der Waals surface area contributed by atoms with E-state index in [4.69, 9.17) is 0 Å². The van der Waals surface area contributed by atoms with Crippen molar-refractivity contribution in [3.8, 4) is 0 Å². The second-order valence-electron chi connectivity index (χ2n) is 4.15. The predicted molar refractivity (Wildman–Crippen MR) is 71.8 cm³/mol. The van der Waals surface area contributed by atoms with Crippen LogP contribution in [0.3, 0.4) is 0 Å². The zero-order valence-corrected chi connectivity index (χ0v) is 11.1. The first-order valence-electron chi connectivity index (χ1n) is 5.60. The number of carbonyl (C=O) groups excluding carboxylic acids is 1. The molecule has 0 saturated carbocycles. The van der Waals surface area contributed by atoms with E-state index in [-0.39, 0.29) is 5.82 Å². The van der Waals surface area contributed by atoms with E-state index < -0.39 is 0 Å². The number of hydrogen-bond acceptors (Lipinski definition) is 2. The molecule has 0 N–H and O–H groups in total. The Kier molecular flexibility index (Phi) is 3.82. The summed E-state index contributed by atoms with van der Waals surface area (Å²) in [6.07, 6.45) is 0.687. The minimum Gasteiger partial charge on any atom is -0.298 e. The first-order valence-corrected chi connectivity index (χ1v) is 6.41. The normalized spacial score (nSPS) is 10.4. The fourth-order valence-electron chi connectivity index (χ4n) is 1.61. The summed E-state index contributed by atoms with van der Waals surface area (Å²) in [6, 6.07) is 10.4. The van der Waals surface area contributed by atoms with Crippen LogP contribution in [0.2, 0.25) is 0 Å². The second-order valence-corrected chi connectivity index (χ2v) is 5.26. The Balaban J connectivity index is 2.33. The second kappa shape index (κ2) is 5.36. The molecule has 1 nitrogen and oxygen atoms in total. The van der Waals surface area contributed by atoms with Crippen LogP contribution in [0.15, 0.2) is 46.2 Å². The van der Waals surface area contributed by atoms with Crippen LogP contribution in [0, 0.1) is 19.7 Å². The SMILES string of the molecule is Cc1ccc(Sc2ccc(F)cc2C=O)cc1C. The lowest BCUT2D eigenvalue weighted by atomic mass is 10.1. The number of halogens is 1. The van der Waals surface area contributed by atoms with Crippen LogP contribution in [-0.4, -0.2) is 6.29 Å². The Hall–Kier alpha value is -1.61. The zero-order chi connectivity index (χ0) is 13.1. The third kappa shape index (κ3) is 2.79. The highest BCUT2D eigenvalue weighted by Crippen LogP contribution is 2.31. The average Bonchev–Trinajstić information content (AvgIpc) is 2.36. The van der Waals surface area contributed by atoms with E-state index in [1.54, 1.807) is 6.07 Å². The number of benzene rings is 2. The lowest BCUT2D eigenvalue weighted by Crippen LogP contribution is -1.88. The van der Waals surface area contributed by atoms with Gasteiger partial charge in [0.25, 0.3) is 0 Å². The monoisotopic (exact) mass is 260 g/mol. The van der Waals surface area contributed by atoms with Gasteiger partial charge in [-0.15, -0.1) is 0 Å². The van der Waals surface area contributed by atoms with Gasteiger partial charge >= 0.3 is 0 Å². The maximum Gasteiger partial charge on any atom is 0.151 e. The summed E-state index contributed by atoms with van der Waals surface area (Å²) < 4.78 is 13.0. The molecule has 0 radical (unpaired) electrons. The Morgan fingerprint density at radius 3 is 2.50 bits per heavy atom. The van der Waals surface area contributed by atoms with E-state index in [0.29, 0.717) is 11.8 Å². The summed E-state index contributed by atoms with van der Waals surface area (Å²) >= 11 is 1.47. The van der Waals surface area contributed by atoms with Gasteiger partial charge in [0, 0.05) is 15.4 Å². The van der Waals surface area contributed by atoms with E-state index in [0.717, 1.165) is 9.79 Å². The maximum absolute atomic E-state index is 13.0. The first kappa shape index (κ1) is 12.8. The minimum absolute atomic E-state index is 0.387. The van der Waals surface area contributed by atoms with Crippen LogP contribution >= 0.6 is 11.8 Å². The lowest BCUT2D eigenvalue weighted by Gasteiger charge is -2.07. The van der Waals surface area contributed by atoms with Gasteiger partial charge in [-0.1, -0.05) is 17.8 Å². The van der Waals surface area contributed by atoms with Crippen molar-refractivity contribution < 1.29 is 9.18 Å². The molecular formula is C15H13FOS. The van der Waals surface area contributed by atoms with Crippen molar-refractivity contribution in [3.63, 3.8) is 0 Å². The van der Waals surface area contributed by atoms with Crippen molar-refractivity contribution in [2.45, 2.75) is 23.6 Å². The molecule has 2 aromatic rings. The van der Waals surface area contributed by atoms with Crippen molar-refractivity contribution in [3.05, 3.63) is 58.9 Å². The molecule has 0 spiro atoms. The molecule has 0 saturated heterocycles. The predicted octanol–water partition coefficient (Wildman–Crippen LogP) is 4.41. The lowest BCUT2D eigenvalue weighted by molar-refractivity contribution is 0.112. The van der Waals surface area contributed by atoms with E-state index in [2.05, 4.69) is 13.0 Å². The smallest absolute Gasteiger partial charge is 0.151 e. The molecular weight excluding hydrogens is 247 g/mol. The summed E-state index contributed by atoms with van der Waals surface area (Å²) in [7, 11) is 0. The number of rotatable bonds is 3. The molecule has 92 valence electrons. The van der Waals surface area contributed by atoms with E-state index in [1.165, 1.54) is 35.0 Å². The van der Waals surface area contributed by atoms with Gasteiger partial charge in [-0.25, -0.2) is 4.39 Å². The first-order chi connectivity index (χ1) is 8.60. The summed E-state index contributed by atoms with van der Waals surface area (Å²) in [4.78, 5) is 12.7. The standard InChI is InChI=1S/C15H13FOS/c1-10-3-5-14(7-11(10)2)18-15-6-4-13(16)8-12(15)9-17/h3-9H,1-2H3. The summed E-state index contributed by atoms with van der Waals surface area (Å²) in [5.41, 5.74) is 2.82. The molecule has 0 heterocycles. The van der Waals surface area contributed by atoms with Crippen LogP contribution in [0.1, 0.15) is 21.5 Å².